The Labute approximate surface area is 193 Å². The largest absolute Gasteiger partial charge is 0.329 e. The SMILES string of the molecule is CN(c1cccc(-c2cnc(C3CC3)cn2)c1)c1nc2nnc(Cl)n2c2cc(Cl)ccc12. The molecule has 7 nitrogen and oxygen atoms in total. The Morgan fingerprint density at radius 1 is 1.00 bits per heavy atom. The highest BCUT2D eigenvalue weighted by Crippen LogP contribution is 2.39. The van der Waals surface area contributed by atoms with Gasteiger partial charge < -0.3 is 4.90 Å². The lowest BCUT2D eigenvalue weighted by molar-refractivity contribution is 0.991. The maximum atomic E-state index is 6.27. The van der Waals surface area contributed by atoms with Crippen molar-refractivity contribution in [2.75, 3.05) is 11.9 Å². The van der Waals surface area contributed by atoms with E-state index in [2.05, 4.69) is 26.2 Å². The highest BCUT2D eigenvalue weighted by Gasteiger charge is 2.25. The van der Waals surface area contributed by atoms with Gasteiger partial charge in [-0.1, -0.05) is 23.7 Å². The predicted octanol–water partition coefficient (Wildman–Crippen LogP) is 5.69. The van der Waals surface area contributed by atoms with E-state index in [1.165, 1.54) is 12.8 Å². The van der Waals surface area contributed by atoms with E-state index in [-0.39, 0.29) is 5.28 Å². The van der Waals surface area contributed by atoms with Crippen LogP contribution in [0.1, 0.15) is 24.5 Å². The molecule has 158 valence electrons. The van der Waals surface area contributed by atoms with Crippen LogP contribution in [-0.2, 0) is 0 Å². The van der Waals surface area contributed by atoms with Gasteiger partial charge in [0.05, 0.1) is 23.1 Å². The number of benzene rings is 2. The van der Waals surface area contributed by atoms with Crippen LogP contribution in [0.15, 0.2) is 54.9 Å². The van der Waals surface area contributed by atoms with Gasteiger partial charge >= 0.3 is 0 Å². The monoisotopic (exact) mass is 461 g/mol. The number of halogens is 2. The second-order valence-electron chi connectivity index (χ2n) is 7.91. The molecule has 1 saturated carbocycles. The lowest BCUT2D eigenvalue weighted by Crippen LogP contribution is -2.13. The fourth-order valence-corrected chi connectivity index (χ4v) is 4.27. The summed E-state index contributed by atoms with van der Waals surface area (Å²) >= 11 is 12.5. The number of hydrogen-bond acceptors (Lipinski definition) is 6. The van der Waals surface area contributed by atoms with E-state index in [1.54, 1.807) is 4.40 Å². The van der Waals surface area contributed by atoms with Crippen molar-refractivity contribution in [3.05, 3.63) is 70.9 Å². The maximum absolute atomic E-state index is 6.27. The molecule has 3 aromatic heterocycles. The summed E-state index contributed by atoms with van der Waals surface area (Å²) < 4.78 is 1.69. The molecule has 32 heavy (non-hydrogen) atoms. The fourth-order valence-electron chi connectivity index (χ4n) is 3.90. The predicted molar refractivity (Wildman–Crippen MR) is 126 cm³/mol. The van der Waals surface area contributed by atoms with Gasteiger partial charge in [-0.05, 0) is 54.8 Å². The number of aromatic nitrogens is 6. The van der Waals surface area contributed by atoms with Crippen LogP contribution in [0.5, 0.6) is 0 Å². The molecule has 1 aliphatic rings. The van der Waals surface area contributed by atoms with Crippen molar-refractivity contribution in [1.82, 2.24) is 29.5 Å². The number of fused-ring (bicyclic) bond motifs is 3. The highest BCUT2D eigenvalue weighted by atomic mass is 35.5. The molecular weight excluding hydrogens is 445 g/mol. The van der Waals surface area contributed by atoms with Gasteiger partial charge in [-0.25, -0.2) is 4.40 Å². The first kappa shape index (κ1) is 19.4. The summed E-state index contributed by atoms with van der Waals surface area (Å²) in [6, 6.07) is 13.7. The average molecular weight is 462 g/mol. The second kappa shape index (κ2) is 7.39. The van der Waals surface area contributed by atoms with Gasteiger partial charge in [0.2, 0.25) is 5.28 Å². The molecule has 0 N–H and O–H groups in total. The van der Waals surface area contributed by atoms with E-state index in [9.17, 15) is 0 Å². The van der Waals surface area contributed by atoms with Crippen LogP contribution in [-0.4, -0.2) is 36.6 Å². The molecule has 0 unspecified atom stereocenters. The zero-order valence-electron chi connectivity index (χ0n) is 17.1. The van der Waals surface area contributed by atoms with Gasteiger partial charge in [0.1, 0.15) is 5.82 Å². The van der Waals surface area contributed by atoms with Crippen molar-refractivity contribution in [1.29, 1.82) is 0 Å². The minimum atomic E-state index is 0.240. The van der Waals surface area contributed by atoms with Gasteiger partial charge in [-0.3, -0.25) is 9.97 Å². The summed E-state index contributed by atoms with van der Waals surface area (Å²) in [4.78, 5) is 16.0. The van der Waals surface area contributed by atoms with E-state index in [0.29, 0.717) is 16.7 Å². The molecule has 3 heterocycles. The van der Waals surface area contributed by atoms with Crippen LogP contribution in [0.3, 0.4) is 0 Å². The zero-order chi connectivity index (χ0) is 21.8. The van der Waals surface area contributed by atoms with Crippen molar-refractivity contribution in [2.24, 2.45) is 0 Å². The molecule has 1 fully saturated rings. The summed E-state index contributed by atoms with van der Waals surface area (Å²) in [5.41, 5.74) is 4.65. The van der Waals surface area contributed by atoms with Crippen molar-refractivity contribution in [3.63, 3.8) is 0 Å². The highest BCUT2D eigenvalue weighted by molar-refractivity contribution is 6.31. The second-order valence-corrected chi connectivity index (χ2v) is 8.69. The van der Waals surface area contributed by atoms with Crippen LogP contribution >= 0.6 is 23.2 Å². The quantitative estimate of drug-likeness (QED) is 0.342. The molecule has 2 aromatic carbocycles. The van der Waals surface area contributed by atoms with Crippen molar-refractivity contribution >= 4 is 51.4 Å². The minimum absolute atomic E-state index is 0.240. The average Bonchev–Trinajstić information content (AvgIpc) is 3.61. The molecular formula is C23H17Cl2N7. The number of anilines is 2. The van der Waals surface area contributed by atoms with Crippen molar-refractivity contribution in [2.45, 2.75) is 18.8 Å². The number of nitrogens with zero attached hydrogens (tertiary/aromatic N) is 7. The molecule has 0 atom stereocenters. The van der Waals surface area contributed by atoms with Gasteiger partial charge in [0.25, 0.3) is 5.78 Å². The van der Waals surface area contributed by atoms with E-state index in [0.717, 1.165) is 39.4 Å². The number of rotatable bonds is 4. The Morgan fingerprint density at radius 2 is 1.88 bits per heavy atom. The first-order valence-electron chi connectivity index (χ1n) is 10.2. The molecule has 5 aromatic rings. The third kappa shape index (κ3) is 3.25. The minimum Gasteiger partial charge on any atom is -0.329 e. The molecule has 0 saturated heterocycles. The van der Waals surface area contributed by atoms with E-state index in [1.807, 2.05) is 60.7 Å². The first-order valence-corrected chi connectivity index (χ1v) is 11.0. The topological polar surface area (TPSA) is 72.1 Å². The zero-order valence-corrected chi connectivity index (χ0v) is 18.6. The van der Waals surface area contributed by atoms with E-state index in [4.69, 9.17) is 28.2 Å². The standard InChI is InChI=1S/C23H17Cl2N7/c1-31(16-4-2-3-14(9-16)19-12-26-18(11-27-19)13-5-6-13)21-17-8-7-15(24)10-20(17)32-22(25)29-30-23(32)28-21/h2-4,7-13H,5-6H2,1H3. The molecule has 6 rings (SSSR count). The molecule has 0 radical (unpaired) electrons. The lowest BCUT2D eigenvalue weighted by Gasteiger charge is -2.21. The van der Waals surface area contributed by atoms with Crippen LogP contribution in [0, 0.1) is 0 Å². The van der Waals surface area contributed by atoms with Crippen LogP contribution in [0.4, 0.5) is 11.5 Å². The molecule has 0 aliphatic heterocycles. The van der Waals surface area contributed by atoms with Crippen LogP contribution < -0.4 is 4.90 Å². The van der Waals surface area contributed by atoms with E-state index < -0.39 is 0 Å². The molecule has 0 amide bonds. The molecule has 1 aliphatic carbocycles. The third-order valence-corrected chi connectivity index (χ3v) is 6.25. The Bertz CT molecular complexity index is 1480. The number of hydrogen-bond donors (Lipinski definition) is 0. The maximum Gasteiger partial charge on any atom is 0.258 e. The summed E-state index contributed by atoms with van der Waals surface area (Å²) in [5, 5.41) is 9.79. The fraction of sp³-hybridized carbons (Fsp3) is 0.174. The van der Waals surface area contributed by atoms with Crippen LogP contribution in [0.2, 0.25) is 10.3 Å². The summed E-state index contributed by atoms with van der Waals surface area (Å²) in [7, 11) is 1.96. The Morgan fingerprint density at radius 3 is 2.66 bits per heavy atom. The molecule has 9 heteroatoms. The van der Waals surface area contributed by atoms with Gasteiger partial charge in [0, 0.05) is 40.8 Å². The van der Waals surface area contributed by atoms with Gasteiger partial charge in [-0.2, -0.15) is 4.98 Å². The Hall–Kier alpha value is -3.29. The van der Waals surface area contributed by atoms with Crippen molar-refractivity contribution in [3.8, 4) is 11.3 Å². The lowest BCUT2D eigenvalue weighted by atomic mass is 10.1. The summed E-state index contributed by atoms with van der Waals surface area (Å²) in [5.74, 6) is 1.72. The molecule has 0 spiro atoms. The third-order valence-electron chi connectivity index (χ3n) is 5.77. The van der Waals surface area contributed by atoms with Crippen LogP contribution in [0.25, 0.3) is 27.9 Å². The Kier molecular flexibility index (Phi) is 4.48. The normalized spacial score (nSPS) is 13.7. The van der Waals surface area contributed by atoms with Crippen molar-refractivity contribution < 1.29 is 0 Å². The van der Waals surface area contributed by atoms with E-state index >= 15 is 0 Å². The molecule has 0 bridgehead atoms. The first-order chi connectivity index (χ1) is 15.6. The Balaban J connectivity index is 1.44. The summed E-state index contributed by atoms with van der Waals surface area (Å²) in [6.45, 7) is 0. The van der Waals surface area contributed by atoms with Gasteiger partial charge in [0.15, 0.2) is 0 Å². The summed E-state index contributed by atoms with van der Waals surface area (Å²) in [6.07, 6.45) is 6.17. The van der Waals surface area contributed by atoms with Gasteiger partial charge in [-0.15, -0.1) is 10.2 Å². The smallest absolute Gasteiger partial charge is 0.258 e.